The fourth-order valence-corrected chi connectivity index (χ4v) is 2.93. The van der Waals surface area contributed by atoms with Gasteiger partial charge in [-0.25, -0.2) is 9.07 Å². The first kappa shape index (κ1) is 18.4. The van der Waals surface area contributed by atoms with E-state index in [-0.39, 0.29) is 24.1 Å². The van der Waals surface area contributed by atoms with Gasteiger partial charge in [-0.2, -0.15) is 5.10 Å². The number of amides is 1. The van der Waals surface area contributed by atoms with Crippen molar-refractivity contribution in [3.8, 4) is 5.69 Å². The minimum absolute atomic E-state index is 0. The van der Waals surface area contributed by atoms with Gasteiger partial charge >= 0.3 is 0 Å². The van der Waals surface area contributed by atoms with E-state index in [9.17, 15) is 9.18 Å². The van der Waals surface area contributed by atoms with E-state index in [0.717, 1.165) is 25.9 Å². The van der Waals surface area contributed by atoms with Crippen LogP contribution in [0.2, 0.25) is 0 Å². The predicted molar refractivity (Wildman–Crippen MR) is 93.4 cm³/mol. The number of piperidine rings is 1. The number of halogens is 2. The molecule has 1 unspecified atom stereocenters. The lowest BCUT2D eigenvalue weighted by atomic mass is 10.00. The Hall–Kier alpha value is -1.92. The molecule has 0 radical (unpaired) electrons. The molecule has 130 valence electrons. The molecule has 24 heavy (non-hydrogen) atoms. The molecule has 1 aliphatic rings. The van der Waals surface area contributed by atoms with E-state index in [2.05, 4.69) is 15.7 Å². The summed E-state index contributed by atoms with van der Waals surface area (Å²) in [5.41, 5.74) is 1.46. The highest BCUT2D eigenvalue weighted by Gasteiger charge is 2.18. The second-order valence-corrected chi connectivity index (χ2v) is 5.93. The normalized spacial score (nSPS) is 17.2. The summed E-state index contributed by atoms with van der Waals surface area (Å²) in [6.07, 6.45) is 3.77. The average molecular weight is 353 g/mol. The summed E-state index contributed by atoms with van der Waals surface area (Å²) < 4.78 is 15.4. The standard InChI is InChI=1S/C17H21FN4O.ClH/c1-12-14(17(23)20-10-13-5-4-8-19-9-13)11-21-22(12)16-7-3-2-6-15(16)18;/h2-3,6-7,11,13,19H,4-5,8-10H2,1H3,(H,20,23);1H. The first-order valence-electron chi connectivity index (χ1n) is 7.95. The van der Waals surface area contributed by atoms with Gasteiger partial charge in [0.1, 0.15) is 11.5 Å². The Bertz CT molecular complexity index is 698. The Balaban J connectivity index is 0.00000208. The highest BCUT2D eigenvalue weighted by Crippen LogP contribution is 2.17. The molecule has 1 saturated heterocycles. The number of benzene rings is 1. The fraction of sp³-hybridized carbons (Fsp3) is 0.412. The van der Waals surface area contributed by atoms with Crippen molar-refractivity contribution in [2.24, 2.45) is 5.92 Å². The topological polar surface area (TPSA) is 59.0 Å². The lowest BCUT2D eigenvalue weighted by Gasteiger charge is -2.22. The SMILES string of the molecule is Cc1c(C(=O)NCC2CCCNC2)cnn1-c1ccccc1F.Cl. The molecule has 1 aliphatic heterocycles. The molecule has 5 nitrogen and oxygen atoms in total. The number of carbonyl (C=O) groups is 1. The molecule has 0 bridgehead atoms. The molecule has 2 heterocycles. The molecule has 0 saturated carbocycles. The van der Waals surface area contributed by atoms with Gasteiger partial charge in [-0.1, -0.05) is 12.1 Å². The summed E-state index contributed by atoms with van der Waals surface area (Å²) >= 11 is 0. The third-order valence-corrected chi connectivity index (χ3v) is 4.29. The van der Waals surface area contributed by atoms with E-state index in [1.807, 2.05) is 0 Å². The number of rotatable bonds is 4. The van der Waals surface area contributed by atoms with E-state index < -0.39 is 0 Å². The highest BCUT2D eigenvalue weighted by molar-refractivity contribution is 5.95. The minimum atomic E-state index is -0.362. The zero-order valence-corrected chi connectivity index (χ0v) is 14.4. The molecule has 1 aromatic carbocycles. The molecule has 0 spiro atoms. The van der Waals surface area contributed by atoms with Crippen molar-refractivity contribution in [3.63, 3.8) is 0 Å². The number of nitrogens with one attached hydrogen (secondary N) is 2. The van der Waals surface area contributed by atoms with Crippen LogP contribution in [0.1, 0.15) is 28.9 Å². The number of aromatic nitrogens is 2. The molecule has 0 aliphatic carbocycles. The predicted octanol–water partition coefficient (Wildman–Crippen LogP) is 2.47. The number of para-hydroxylation sites is 1. The minimum Gasteiger partial charge on any atom is -0.352 e. The molecule has 3 rings (SSSR count). The van der Waals surface area contributed by atoms with Crippen molar-refractivity contribution in [2.45, 2.75) is 19.8 Å². The maximum absolute atomic E-state index is 13.9. The zero-order valence-electron chi connectivity index (χ0n) is 13.6. The maximum atomic E-state index is 13.9. The first-order chi connectivity index (χ1) is 11.2. The van der Waals surface area contributed by atoms with Crippen LogP contribution in [0, 0.1) is 18.7 Å². The molecule has 7 heteroatoms. The fourth-order valence-electron chi connectivity index (χ4n) is 2.93. The second-order valence-electron chi connectivity index (χ2n) is 5.93. The Morgan fingerprint density at radius 1 is 1.46 bits per heavy atom. The van der Waals surface area contributed by atoms with E-state index in [1.165, 1.54) is 16.9 Å². The summed E-state index contributed by atoms with van der Waals surface area (Å²) in [4.78, 5) is 12.4. The van der Waals surface area contributed by atoms with E-state index in [0.29, 0.717) is 29.4 Å². The van der Waals surface area contributed by atoms with Gasteiger partial charge in [0.25, 0.3) is 5.91 Å². The van der Waals surface area contributed by atoms with Crippen molar-refractivity contribution in [1.29, 1.82) is 0 Å². The molecule has 1 amide bonds. The monoisotopic (exact) mass is 352 g/mol. The van der Waals surface area contributed by atoms with Gasteiger partial charge < -0.3 is 10.6 Å². The van der Waals surface area contributed by atoms with Crippen LogP contribution in [0.15, 0.2) is 30.5 Å². The zero-order chi connectivity index (χ0) is 16.2. The molecule has 2 aromatic rings. The van der Waals surface area contributed by atoms with E-state index in [1.54, 1.807) is 25.1 Å². The summed E-state index contributed by atoms with van der Waals surface area (Å²) in [6.45, 7) is 4.42. The number of nitrogens with zero attached hydrogens (tertiary/aromatic N) is 2. The Morgan fingerprint density at radius 2 is 2.25 bits per heavy atom. The van der Waals surface area contributed by atoms with Crippen molar-refractivity contribution in [1.82, 2.24) is 20.4 Å². The van der Waals surface area contributed by atoms with Crippen LogP contribution in [0.4, 0.5) is 4.39 Å². The first-order valence-corrected chi connectivity index (χ1v) is 7.95. The number of carbonyl (C=O) groups excluding carboxylic acids is 1. The van der Waals surface area contributed by atoms with E-state index >= 15 is 0 Å². The second kappa shape index (κ2) is 8.26. The van der Waals surface area contributed by atoms with Crippen molar-refractivity contribution in [3.05, 3.63) is 47.5 Å². The van der Waals surface area contributed by atoms with Gasteiger partial charge in [0, 0.05) is 6.54 Å². The van der Waals surface area contributed by atoms with Crippen LogP contribution in [-0.2, 0) is 0 Å². The van der Waals surface area contributed by atoms with Crippen LogP contribution < -0.4 is 10.6 Å². The average Bonchev–Trinajstić information content (AvgIpc) is 2.95. The molecule has 2 N–H and O–H groups in total. The Kier molecular flexibility index (Phi) is 6.34. The number of hydrogen-bond donors (Lipinski definition) is 2. The molecule has 1 atom stereocenters. The van der Waals surface area contributed by atoms with Crippen molar-refractivity contribution >= 4 is 18.3 Å². The van der Waals surface area contributed by atoms with Gasteiger partial charge in [-0.3, -0.25) is 4.79 Å². The summed E-state index contributed by atoms with van der Waals surface area (Å²) in [6, 6.07) is 6.40. The highest BCUT2D eigenvalue weighted by atomic mass is 35.5. The lowest BCUT2D eigenvalue weighted by molar-refractivity contribution is 0.0944. The third kappa shape index (κ3) is 3.94. The van der Waals surface area contributed by atoms with Gasteiger partial charge in [-0.05, 0) is 50.9 Å². The van der Waals surface area contributed by atoms with Gasteiger partial charge in [-0.15, -0.1) is 12.4 Å². The van der Waals surface area contributed by atoms with Gasteiger partial charge in [0.15, 0.2) is 0 Å². The quantitative estimate of drug-likeness (QED) is 0.888. The van der Waals surface area contributed by atoms with Crippen LogP contribution >= 0.6 is 12.4 Å². The van der Waals surface area contributed by atoms with Crippen LogP contribution in [-0.4, -0.2) is 35.3 Å². The van der Waals surface area contributed by atoms with Crippen LogP contribution in [0.5, 0.6) is 0 Å². The number of hydrogen-bond acceptors (Lipinski definition) is 3. The molecule has 1 fully saturated rings. The summed E-state index contributed by atoms with van der Waals surface area (Å²) in [7, 11) is 0. The van der Waals surface area contributed by atoms with Crippen molar-refractivity contribution < 1.29 is 9.18 Å². The molecular weight excluding hydrogens is 331 g/mol. The Morgan fingerprint density at radius 3 is 2.96 bits per heavy atom. The van der Waals surface area contributed by atoms with Crippen molar-refractivity contribution in [2.75, 3.05) is 19.6 Å². The van der Waals surface area contributed by atoms with Crippen LogP contribution in [0.25, 0.3) is 5.69 Å². The lowest BCUT2D eigenvalue weighted by Crippen LogP contribution is -2.38. The smallest absolute Gasteiger partial charge is 0.254 e. The van der Waals surface area contributed by atoms with Crippen LogP contribution in [0.3, 0.4) is 0 Å². The Labute approximate surface area is 147 Å². The van der Waals surface area contributed by atoms with E-state index in [4.69, 9.17) is 0 Å². The summed E-state index contributed by atoms with van der Waals surface area (Å²) in [5.74, 6) is -0.0516. The summed E-state index contributed by atoms with van der Waals surface area (Å²) in [5, 5.41) is 10.5. The maximum Gasteiger partial charge on any atom is 0.254 e. The van der Waals surface area contributed by atoms with Gasteiger partial charge in [0.2, 0.25) is 0 Å². The molecule has 1 aromatic heterocycles. The third-order valence-electron chi connectivity index (χ3n) is 4.29. The largest absolute Gasteiger partial charge is 0.352 e. The van der Waals surface area contributed by atoms with Gasteiger partial charge in [0.05, 0.1) is 17.5 Å². The molecular formula is C17H22ClFN4O.